The van der Waals surface area contributed by atoms with Crippen LogP contribution in [0.2, 0.25) is 0 Å². The van der Waals surface area contributed by atoms with Crippen molar-refractivity contribution >= 4 is 23.4 Å². The monoisotopic (exact) mass is 745 g/mol. The van der Waals surface area contributed by atoms with E-state index in [2.05, 4.69) is 99.1 Å². The zero-order chi connectivity index (χ0) is 38.1. The summed E-state index contributed by atoms with van der Waals surface area (Å²) in [6, 6.07) is 22.7. The third-order valence-electron chi connectivity index (χ3n) is 11.6. The Balaban J connectivity index is 0.974. The van der Waals surface area contributed by atoms with Crippen LogP contribution in [0.15, 0.2) is 72.9 Å². The van der Waals surface area contributed by atoms with Crippen LogP contribution in [-0.4, -0.2) is 74.2 Å². The van der Waals surface area contributed by atoms with E-state index in [9.17, 15) is 4.79 Å². The smallest absolute Gasteiger partial charge is 0.320 e. The van der Waals surface area contributed by atoms with Gasteiger partial charge in [-0.1, -0.05) is 57.2 Å². The quantitative estimate of drug-likeness (QED) is 0.156. The molecule has 2 fully saturated rings. The predicted molar refractivity (Wildman–Crippen MR) is 215 cm³/mol. The lowest BCUT2D eigenvalue weighted by molar-refractivity contribution is 0.0388. The molecule has 0 radical (unpaired) electrons. The molecule has 0 saturated carbocycles. The summed E-state index contributed by atoms with van der Waals surface area (Å²) in [5.74, 6) is 2.27. The Morgan fingerprint density at radius 1 is 0.891 bits per heavy atom. The van der Waals surface area contributed by atoms with Gasteiger partial charge in [0.15, 0.2) is 5.65 Å². The van der Waals surface area contributed by atoms with E-state index in [0.717, 1.165) is 105 Å². The van der Waals surface area contributed by atoms with Crippen LogP contribution in [-0.2, 0) is 16.7 Å². The fraction of sp³-hybridized carbons (Fsp3) is 0.488. The van der Waals surface area contributed by atoms with Gasteiger partial charge in [-0.25, -0.2) is 9.48 Å². The maximum atomic E-state index is 13.8. The summed E-state index contributed by atoms with van der Waals surface area (Å²) in [6.07, 6.45) is 9.35. The lowest BCUT2D eigenvalue weighted by Gasteiger charge is -2.33. The summed E-state index contributed by atoms with van der Waals surface area (Å²) in [4.78, 5) is 18.7. The number of urea groups is 1. The van der Waals surface area contributed by atoms with E-state index in [0.29, 0.717) is 18.0 Å². The highest BCUT2D eigenvalue weighted by atomic mass is 16.5. The SMILES string of the molecule is COC1CCN(Cc2cccc(-n3nc(C(C)(C)C)cc3NC(=O)N[C@H]3CC[C@@H](Oc4ccc5nnc(N6CCCC[C@@H]6C)n5c4)c4ccccc43)c2)CC1. The highest BCUT2D eigenvalue weighted by Crippen LogP contribution is 2.39. The van der Waals surface area contributed by atoms with Gasteiger partial charge in [0.1, 0.15) is 17.7 Å². The Kier molecular flexibility index (Phi) is 10.5. The number of methoxy groups -OCH3 is 1. The molecule has 2 amide bonds. The Bertz CT molecular complexity index is 2110. The van der Waals surface area contributed by atoms with Crippen molar-refractivity contribution in [1.29, 1.82) is 0 Å². The number of fused-ring (bicyclic) bond motifs is 2. The van der Waals surface area contributed by atoms with E-state index < -0.39 is 0 Å². The van der Waals surface area contributed by atoms with Crippen LogP contribution in [0, 0.1) is 0 Å². The van der Waals surface area contributed by atoms with Crippen molar-refractivity contribution in [2.24, 2.45) is 0 Å². The van der Waals surface area contributed by atoms with Gasteiger partial charge in [0.2, 0.25) is 5.95 Å². The maximum absolute atomic E-state index is 13.8. The van der Waals surface area contributed by atoms with Gasteiger partial charge in [0.05, 0.1) is 29.7 Å². The molecule has 5 heterocycles. The molecule has 0 bridgehead atoms. The van der Waals surface area contributed by atoms with Crippen LogP contribution in [0.4, 0.5) is 16.6 Å². The number of piperidine rings is 2. The summed E-state index contributed by atoms with van der Waals surface area (Å²) in [7, 11) is 1.80. The highest BCUT2D eigenvalue weighted by molar-refractivity contribution is 5.89. The number of amides is 2. The number of carbonyl (C=O) groups is 1. The van der Waals surface area contributed by atoms with E-state index in [1.165, 1.54) is 12.0 Å². The van der Waals surface area contributed by atoms with E-state index in [1.807, 2.05) is 41.2 Å². The minimum Gasteiger partial charge on any atom is -0.484 e. The molecular formula is C43H55N9O3. The van der Waals surface area contributed by atoms with Gasteiger partial charge in [0.25, 0.3) is 0 Å². The second-order valence-electron chi connectivity index (χ2n) is 16.6. The first-order chi connectivity index (χ1) is 26.6. The first kappa shape index (κ1) is 37.0. The van der Waals surface area contributed by atoms with Crippen LogP contribution >= 0.6 is 0 Å². The number of carbonyl (C=O) groups excluding carboxylic acids is 1. The minimum absolute atomic E-state index is 0.155. The van der Waals surface area contributed by atoms with Gasteiger partial charge in [-0.3, -0.25) is 14.6 Å². The molecule has 2 aromatic carbocycles. The van der Waals surface area contributed by atoms with Crippen molar-refractivity contribution in [3.8, 4) is 11.4 Å². The number of rotatable bonds is 9. The molecule has 0 spiro atoms. The van der Waals surface area contributed by atoms with Gasteiger partial charge in [-0.05, 0) is 92.8 Å². The van der Waals surface area contributed by atoms with E-state index >= 15 is 0 Å². The molecule has 12 heteroatoms. The van der Waals surface area contributed by atoms with Crippen LogP contribution in [0.25, 0.3) is 11.3 Å². The van der Waals surface area contributed by atoms with Crippen molar-refractivity contribution < 1.29 is 14.3 Å². The number of benzene rings is 2. The maximum Gasteiger partial charge on any atom is 0.320 e. The number of pyridine rings is 1. The van der Waals surface area contributed by atoms with Gasteiger partial charge in [0, 0.05) is 50.8 Å². The molecule has 8 rings (SSSR count). The summed E-state index contributed by atoms with van der Waals surface area (Å²) in [6.45, 7) is 12.5. The van der Waals surface area contributed by atoms with Gasteiger partial charge in [-0.15, -0.1) is 10.2 Å². The minimum atomic E-state index is -0.268. The third kappa shape index (κ3) is 8.07. The molecule has 5 aromatic rings. The predicted octanol–water partition coefficient (Wildman–Crippen LogP) is 7.98. The lowest BCUT2D eigenvalue weighted by Crippen LogP contribution is -2.38. The number of hydrogen-bond acceptors (Lipinski definition) is 8. The van der Waals surface area contributed by atoms with Crippen LogP contribution < -0.4 is 20.3 Å². The number of nitrogens with zero attached hydrogens (tertiary/aromatic N) is 7. The van der Waals surface area contributed by atoms with Crippen molar-refractivity contribution in [2.75, 3.05) is 37.0 Å². The molecule has 2 aliphatic heterocycles. The number of likely N-dealkylation sites (tertiary alicyclic amines) is 1. The van der Waals surface area contributed by atoms with E-state index in [4.69, 9.17) is 14.6 Å². The number of nitrogens with one attached hydrogen (secondary N) is 2. The van der Waals surface area contributed by atoms with Crippen molar-refractivity contribution in [3.63, 3.8) is 0 Å². The van der Waals surface area contributed by atoms with Crippen molar-refractivity contribution in [1.82, 2.24) is 34.6 Å². The van der Waals surface area contributed by atoms with Gasteiger partial charge >= 0.3 is 6.03 Å². The van der Waals surface area contributed by atoms with Gasteiger partial charge < -0.3 is 19.7 Å². The van der Waals surface area contributed by atoms with Crippen molar-refractivity contribution in [2.45, 2.75) is 109 Å². The first-order valence-electron chi connectivity index (χ1n) is 20.0. The first-order valence-corrected chi connectivity index (χ1v) is 20.0. The molecule has 3 aromatic heterocycles. The lowest BCUT2D eigenvalue weighted by atomic mass is 9.85. The number of hydrogen-bond donors (Lipinski definition) is 2. The average molecular weight is 746 g/mol. The standard InChI is InChI=1S/C43H55N9O3/c1-29-11-8-9-22-50(29)42-47-46-39-19-16-33(28-51(39)42)55-37-18-17-36(34-14-6-7-15-35(34)37)44-41(53)45-40-26-38(43(2,3)4)48-52(40)31-13-10-12-30(25-31)27-49-23-20-32(54-5)21-24-49/h6-7,10,12-16,19,25-26,28-29,32,36-37H,8-9,11,17-18,20-24,27H2,1-5H3,(H2,44,45,53)/t29-,36-,37+/m0/s1. The Hall–Kier alpha value is -4.94. The molecule has 290 valence electrons. The summed E-state index contributed by atoms with van der Waals surface area (Å²) >= 11 is 0. The van der Waals surface area contributed by atoms with Crippen LogP contribution in [0.1, 0.15) is 107 Å². The molecule has 3 atom stereocenters. The Morgan fingerprint density at radius 3 is 2.49 bits per heavy atom. The summed E-state index contributed by atoms with van der Waals surface area (Å²) < 4.78 is 16.2. The molecule has 2 saturated heterocycles. The normalized spacial score (nSPS) is 21.0. The molecule has 12 nitrogen and oxygen atoms in total. The fourth-order valence-corrected chi connectivity index (χ4v) is 8.40. The zero-order valence-corrected chi connectivity index (χ0v) is 32.9. The topological polar surface area (TPSA) is 114 Å². The highest BCUT2D eigenvalue weighted by Gasteiger charge is 2.31. The van der Waals surface area contributed by atoms with E-state index in [1.54, 1.807) is 7.11 Å². The van der Waals surface area contributed by atoms with Crippen LogP contribution in [0.3, 0.4) is 0 Å². The van der Waals surface area contributed by atoms with Crippen molar-refractivity contribution in [3.05, 3.63) is 95.3 Å². The molecular weight excluding hydrogens is 691 g/mol. The summed E-state index contributed by atoms with van der Waals surface area (Å²) in [5.41, 5.74) is 5.78. The number of anilines is 2. The number of aromatic nitrogens is 5. The number of ether oxygens (including phenoxy) is 2. The Morgan fingerprint density at radius 2 is 1.71 bits per heavy atom. The van der Waals surface area contributed by atoms with Gasteiger partial charge in [-0.2, -0.15) is 5.10 Å². The molecule has 2 N–H and O–H groups in total. The van der Waals surface area contributed by atoms with E-state index in [-0.39, 0.29) is 23.6 Å². The second kappa shape index (κ2) is 15.7. The molecule has 1 aliphatic carbocycles. The molecule has 0 unspecified atom stereocenters. The third-order valence-corrected chi connectivity index (χ3v) is 11.6. The summed E-state index contributed by atoms with van der Waals surface area (Å²) in [5, 5.41) is 20.5. The largest absolute Gasteiger partial charge is 0.484 e. The van der Waals surface area contributed by atoms with Crippen LogP contribution in [0.5, 0.6) is 5.75 Å². The second-order valence-corrected chi connectivity index (χ2v) is 16.6. The molecule has 3 aliphatic rings. The fourth-order valence-electron chi connectivity index (χ4n) is 8.40. The molecule has 55 heavy (non-hydrogen) atoms. The Labute approximate surface area is 324 Å². The average Bonchev–Trinajstić information content (AvgIpc) is 3.81. The zero-order valence-electron chi connectivity index (χ0n) is 32.9.